The number of ether oxygens (including phenoxy) is 1. The molecule has 3 aromatic rings. The number of pyridine rings is 1. The van der Waals surface area contributed by atoms with Crippen molar-refractivity contribution in [3.8, 4) is 5.75 Å². The summed E-state index contributed by atoms with van der Waals surface area (Å²) >= 11 is 0. The van der Waals surface area contributed by atoms with E-state index in [1.807, 2.05) is 0 Å². The SMILES string of the molecule is Cl.NC(Cc1cc(=O)[nH]c2ccccc12)C(=O)Nc1cccc(OC(F)(F)F)c1. The lowest BCUT2D eigenvalue weighted by Gasteiger charge is -2.15. The predicted octanol–water partition coefficient (Wildman–Crippen LogP) is 3.36. The van der Waals surface area contributed by atoms with Crippen molar-refractivity contribution in [1.29, 1.82) is 0 Å². The number of anilines is 1. The summed E-state index contributed by atoms with van der Waals surface area (Å²) in [5, 5.41) is 3.21. The van der Waals surface area contributed by atoms with E-state index < -0.39 is 24.1 Å². The van der Waals surface area contributed by atoms with Crippen LogP contribution in [0.1, 0.15) is 5.56 Å². The highest BCUT2D eigenvalue weighted by molar-refractivity contribution is 5.95. The van der Waals surface area contributed by atoms with E-state index in [4.69, 9.17) is 5.73 Å². The molecule has 29 heavy (non-hydrogen) atoms. The Bertz CT molecular complexity index is 1070. The van der Waals surface area contributed by atoms with E-state index in [0.29, 0.717) is 11.1 Å². The second-order valence-electron chi connectivity index (χ2n) is 6.08. The molecular formula is C19H17ClF3N3O3. The second kappa shape index (κ2) is 8.97. The first kappa shape index (κ1) is 22.3. The fraction of sp³-hybridized carbons (Fsp3) is 0.158. The van der Waals surface area contributed by atoms with Gasteiger partial charge in [-0.05, 0) is 30.2 Å². The first-order valence-electron chi connectivity index (χ1n) is 8.24. The lowest BCUT2D eigenvalue weighted by atomic mass is 10.0. The first-order chi connectivity index (χ1) is 13.2. The van der Waals surface area contributed by atoms with E-state index in [9.17, 15) is 22.8 Å². The Kier molecular flexibility index (Phi) is 6.89. The summed E-state index contributed by atoms with van der Waals surface area (Å²) in [4.78, 5) is 26.8. The molecule has 0 aliphatic rings. The van der Waals surface area contributed by atoms with Crippen LogP contribution in [0.5, 0.6) is 5.75 Å². The molecule has 0 bridgehead atoms. The molecule has 0 aliphatic heterocycles. The summed E-state index contributed by atoms with van der Waals surface area (Å²) in [5.41, 5.74) is 6.94. The molecule has 0 aliphatic carbocycles. The molecule has 1 amide bonds. The molecular weight excluding hydrogens is 411 g/mol. The molecule has 0 radical (unpaired) electrons. The third-order valence-corrected chi connectivity index (χ3v) is 3.95. The molecule has 0 saturated heterocycles. The van der Waals surface area contributed by atoms with Crippen molar-refractivity contribution >= 4 is 34.9 Å². The normalized spacial score (nSPS) is 12.1. The Morgan fingerprint density at radius 2 is 1.86 bits per heavy atom. The molecule has 1 heterocycles. The lowest BCUT2D eigenvalue weighted by Crippen LogP contribution is -2.37. The van der Waals surface area contributed by atoms with E-state index in [0.717, 1.165) is 17.5 Å². The van der Waals surface area contributed by atoms with E-state index >= 15 is 0 Å². The maximum atomic E-state index is 12.3. The van der Waals surface area contributed by atoms with Gasteiger partial charge in [0.05, 0.1) is 6.04 Å². The zero-order valence-corrected chi connectivity index (χ0v) is 15.6. The van der Waals surface area contributed by atoms with E-state index in [-0.39, 0.29) is 30.1 Å². The Morgan fingerprint density at radius 3 is 2.59 bits per heavy atom. The van der Waals surface area contributed by atoms with Gasteiger partial charge in [0, 0.05) is 28.7 Å². The van der Waals surface area contributed by atoms with Crippen molar-refractivity contribution in [2.45, 2.75) is 18.8 Å². The maximum absolute atomic E-state index is 12.3. The summed E-state index contributed by atoms with van der Waals surface area (Å²) in [6.07, 6.45) is -4.75. The zero-order valence-electron chi connectivity index (χ0n) is 14.8. The topological polar surface area (TPSA) is 97.2 Å². The van der Waals surface area contributed by atoms with E-state index in [2.05, 4.69) is 15.0 Å². The summed E-state index contributed by atoms with van der Waals surface area (Å²) in [6, 6.07) is 12.3. The van der Waals surface area contributed by atoms with E-state index in [1.54, 1.807) is 24.3 Å². The number of aromatic amines is 1. The lowest BCUT2D eigenvalue weighted by molar-refractivity contribution is -0.274. The second-order valence-corrected chi connectivity index (χ2v) is 6.08. The number of aromatic nitrogens is 1. The third kappa shape index (κ3) is 5.97. The maximum Gasteiger partial charge on any atom is 0.573 e. The zero-order chi connectivity index (χ0) is 20.3. The van der Waals surface area contributed by atoms with Gasteiger partial charge < -0.3 is 20.8 Å². The Balaban J connectivity index is 0.00000300. The molecule has 1 aromatic heterocycles. The minimum atomic E-state index is -4.83. The summed E-state index contributed by atoms with van der Waals surface area (Å²) in [5.74, 6) is -1.06. The minimum Gasteiger partial charge on any atom is -0.406 e. The number of rotatable bonds is 5. The molecule has 6 nitrogen and oxygen atoms in total. The van der Waals surface area contributed by atoms with Crippen molar-refractivity contribution < 1.29 is 22.7 Å². The number of carbonyl (C=O) groups is 1. The molecule has 0 saturated carbocycles. The summed E-state index contributed by atoms with van der Waals surface area (Å²) in [7, 11) is 0. The monoisotopic (exact) mass is 427 g/mol. The van der Waals surface area contributed by atoms with Crippen molar-refractivity contribution in [2.24, 2.45) is 5.73 Å². The number of para-hydroxylation sites is 1. The van der Waals surface area contributed by atoms with Gasteiger partial charge in [-0.15, -0.1) is 25.6 Å². The van der Waals surface area contributed by atoms with Crippen LogP contribution < -0.4 is 21.3 Å². The van der Waals surface area contributed by atoms with Gasteiger partial charge in [-0.2, -0.15) is 0 Å². The number of amides is 1. The van der Waals surface area contributed by atoms with Gasteiger partial charge >= 0.3 is 6.36 Å². The molecule has 2 aromatic carbocycles. The highest BCUT2D eigenvalue weighted by atomic mass is 35.5. The molecule has 4 N–H and O–H groups in total. The van der Waals surface area contributed by atoms with Crippen LogP contribution in [-0.4, -0.2) is 23.3 Å². The van der Waals surface area contributed by atoms with E-state index in [1.165, 1.54) is 18.2 Å². The minimum absolute atomic E-state index is 0. The summed E-state index contributed by atoms with van der Waals surface area (Å²) in [6.45, 7) is 0. The molecule has 0 fully saturated rings. The Morgan fingerprint density at radius 1 is 1.14 bits per heavy atom. The predicted molar refractivity (Wildman–Crippen MR) is 105 cm³/mol. The van der Waals surface area contributed by atoms with Gasteiger partial charge in [-0.3, -0.25) is 9.59 Å². The van der Waals surface area contributed by atoms with Crippen LogP contribution in [0.3, 0.4) is 0 Å². The average Bonchev–Trinajstić information content (AvgIpc) is 2.60. The van der Waals surface area contributed by atoms with Crippen LogP contribution in [0.2, 0.25) is 0 Å². The Hall–Kier alpha value is -3.04. The largest absolute Gasteiger partial charge is 0.573 e. The van der Waals surface area contributed by atoms with Crippen LogP contribution >= 0.6 is 12.4 Å². The van der Waals surface area contributed by atoms with Gasteiger partial charge in [0.25, 0.3) is 0 Å². The number of nitrogens with two attached hydrogens (primary N) is 1. The number of carbonyl (C=O) groups excluding carboxylic acids is 1. The van der Waals surface area contributed by atoms with Crippen molar-refractivity contribution in [3.63, 3.8) is 0 Å². The van der Waals surface area contributed by atoms with Gasteiger partial charge in [0.15, 0.2) is 0 Å². The van der Waals surface area contributed by atoms with Crippen molar-refractivity contribution in [3.05, 3.63) is 70.5 Å². The van der Waals surface area contributed by atoms with Gasteiger partial charge in [0.1, 0.15) is 5.75 Å². The number of fused-ring (bicyclic) bond motifs is 1. The number of hydrogen-bond donors (Lipinski definition) is 3. The smallest absolute Gasteiger partial charge is 0.406 e. The van der Waals surface area contributed by atoms with Gasteiger partial charge in [-0.1, -0.05) is 24.3 Å². The van der Waals surface area contributed by atoms with Crippen LogP contribution in [0.25, 0.3) is 10.9 Å². The number of alkyl halides is 3. The number of benzene rings is 2. The van der Waals surface area contributed by atoms with Crippen molar-refractivity contribution in [1.82, 2.24) is 4.98 Å². The summed E-state index contributed by atoms with van der Waals surface area (Å²) < 4.78 is 40.7. The fourth-order valence-electron chi connectivity index (χ4n) is 2.78. The van der Waals surface area contributed by atoms with Crippen LogP contribution in [-0.2, 0) is 11.2 Å². The van der Waals surface area contributed by atoms with Crippen LogP contribution in [0, 0.1) is 0 Å². The van der Waals surface area contributed by atoms with Crippen molar-refractivity contribution in [2.75, 3.05) is 5.32 Å². The first-order valence-corrected chi connectivity index (χ1v) is 8.24. The quantitative estimate of drug-likeness (QED) is 0.581. The molecule has 154 valence electrons. The highest BCUT2D eigenvalue weighted by Gasteiger charge is 2.31. The average molecular weight is 428 g/mol. The number of H-pyrrole nitrogens is 1. The van der Waals surface area contributed by atoms with Gasteiger partial charge in [0.2, 0.25) is 11.5 Å². The van der Waals surface area contributed by atoms with Crippen LogP contribution in [0.15, 0.2) is 59.4 Å². The molecule has 0 spiro atoms. The third-order valence-electron chi connectivity index (χ3n) is 3.95. The number of halogens is 4. The van der Waals surface area contributed by atoms with Crippen LogP contribution in [0.4, 0.5) is 18.9 Å². The Labute approximate surface area is 169 Å². The molecule has 3 rings (SSSR count). The molecule has 1 atom stereocenters. The number of hydrogen-bond acceptors (Lipinski definition) is 4. The molecule has 1 unspecified atom stereocenters. The highest BCUT2D eigenvalue weighted by Crippen LogP contribution is 2.25. The van der Waals surface area contributed by atoms with Gasteiger partial charge in [-0.25, -0.2) is 0 Å². The fourth-order valence-corrected chi connectivity index (χ4v) is 2.78. The number of nitrogens with one attached hydrogen (secondary N) is 2. The standard InChI is InChI=1S/C19H16F3N3O3.ClH/c20-19(21,22)28-13-5-3-4-12(10-13)24-18(27)15(23)8-11-9-17(26)25-16-7-2-1-6-14(11)16;/h1-7,9-10,15H,8,23H2,(H,24,27)(H,25,26);1H. The molecule has 10 heteroatoms.